The minimum absolute atomic E-state index is 0.0362. The number of hydrogen-bond donors (Lipinski definition) is 1. The molecule has 0 bridgehead atoms. The molecule has 5 rings (SSSR count). The summed E-state index contributed by atoms with van der Waals surface area (Å²) in [5.41, 5.74) is 6.05. The number of carbonyl (C=O) groups is 2. The van der Waals surface area contributed by atoms with Gasteiger partial charge in [-0.2, -0.15) is 0 Å². The van der Waals surface area contributed by atoms with E-state index < -0.39 is 0 Å². The Morgan fingerprint density at radius 2 is 1.81 bits per heavy atom. The summed E-state index contributed by atoms with van der Waals surface area (Å²) in [7, 11) is 0. The van der Waals surface area contributed by atoms with E-state index in [0.29, 0.717) is 12.1 Å². The van der Waals surface area contributed by atoms with Crippen LogP contribution in [0.4, 0.5) is 11.4 Å². The fourth-order valence-electron chi connectivity index (χ4n) is 4.25. The number of nitrogens with zero attached hydrogens (tertiary/aromatic N) is 3. The largest absolute Gasteiger partial charge is 0.322 e. The molecule has 2 amide bonds. The third-order valence-corrected chi connectivity index (χ3v) is 5.71. The maximum atomic E-state index is 12.9. The molecular weight excluding hydrogens is 388 g/mol. The number of rotatable bonds is 3. The van der Waals surface area contributed by atoms with Crippen LogP contribution in [0.1, 0.15) is 28.7 Å². The lowest BCUT2D eigenvalue weighted by Gasteiger charge is -2.15. The summed E-state index contributed by atoms with van der Waals surface area (Å²) in [4.78, 5) is 31.0. The first kappa shape index (κ1) is 19.1. The second kappa shape index (κ2) is 7.40. The lowest BCUT2D eigenvalue weighted by atomic mass is 10.1. The second-order valence-electron chi connectivity index (χ2n) is 7.75. The van der Waals surface area contributed by atoms with Crippen LogP contribution in [0.5, 0.6) is 0 Å². The molecule has 0 radical (unpaired) electrons. The van der Waals surface area contributed by atoms with E-state index in [1.54, 1.807) is 11.8 Å². The molecule has 1 N–H and O–H groups in total. The maximum absolute atomic E-state index is 12.9. The Bertz CT molecular complexity index is 1320. The lowest BCUT2D eigenvalue weighted by Crippen LogP contribution is -2.25. The van der Waals surface area contributed by atoms with Gasteiger partial charge in [0.15, 0.2) is 0 Å². The highest BCUT2D eigenvalue weighted by atomic mass is 16.2. The zero-order chi connectivity index (χ0) is 21.5. The summed E-state index contributed by atoms with van der Waals surface area (Å²) in [6.07, 6.45) is 0.792. The summed E-state index contributed by atoms with van der Waals surface area (Å²) in [6.45, 7) is 4.21. The molecule has 3 aromatic carbocycles. The van der Waals surface area contributed by atoms with Crippen LogP contribution >= 0.6 is 0 Å². The van der Waals surface area contributed by atoms with E-state index in [4.69, 9.17) is 0 Å². The quantitative estimate of drug-likeness (QED) is 0.541. The smallest absolute Gasteiger partial charge is 0.255 e. The van der Waals surface area contributed by atoms with E-state index in [1.165, 1.54) is 0 Å². The number of para-hydroxylation sites is 1. The van der Waals surface area contributed by atoms with Gasteiger partial charge in [0.2, 0.25) is 5.91 Å². The van der Waals surface area contributed by atoms with Crippen LogP contribution in [0.2, 0.25) is 0 Å². The van der Waals surface area contributed by atoms with Gasteiger partial charge >= 0.3 is 0 Å². The zero-order valence-corrected chi connectivity index (χ0v) is 17.4. The molecule has 1 aromatic heterocycles. The number of amides is 2. The molecule has 0 atom stereocenters. The Morgan fingerprint density at radius 1 is 1.00 bits per heavy atom. The van der Waals surface area contributed by atoms with Gasteiger partial charge in [-0.3, -0.25) is 14.2 Å². The molecule has 31 heavy (non-hydrogen) atoms. The molecule has 0 saturated heterocycles. The summed E-state index contributed by atoms with van der Waals surface area (Å²) in [5.74, 6) is 0.719. The highest BCUT2D eigenvalue weighted by Crippen LogP contribution is 2.31. The van der Waals surface area contributed by atoms with Gasteiger partial charge in [-0.15, -0.1) is 0 Å². The molecular formula is C25H22N4O2. The van der Waals surface area contributed by atoms with E-state index in [0.717, 1.165) is 45.9 Å². The van der Waals surface area contributed by atoms with Crippen LogP contribution in [-0.2, 0) is 11.2 Å². The van der Waals surface area contributed by atoms with Crippen molar-refractivity contribution < 1.29 is 9.59 Å². The molecule has 0 unspecified atom stereocenters. The lowest BCUT2D eigenvalue weighted by molar-refractivity contribution is -0.116. The fourth-order valence-corrected chi connectivity index (χ4v) is 4.25. The molecule has 6 heteroatoms. The van der Waals surface area contributed by atoms with Crippen molar-refractivity contribution >= 4 is 34.2 Å². The molecule has 2 heterocycles. The number of benzene rings is 3. The highest BCUT2D eigenvalue weighted by molar-refractivity contribution is 6.06. The van der Waals surface area contributed by atoms with Gasteiger partial charge in [0.05, 0.1) is 11.0 Å². The Balaban J connectivity index is 1.42. The molecule has 1 aliphatic rings. The van der Waals surface area contributed by atoms with Crippen molar-refractivity contribution in [1.29, 1.82) is 0 Å². The van der Waals surface area contributed by atoms with Crippen LogP contribution in [0.3, 0.4) is 0 Å². The van der Waals surface area contributed by atoms with Crippen molar-refractivity contribution in [1.82, 2.24) is 9.55 Å². The van der Waals surface area contributed by atoms with Crippen LogP contribution in [0.25, 0.3) is 16.7 Å². The number of imidazole rings is 1. The van der Waals surface area contributed by atoms with Crippen molar-refractivity contribution in [2.75, 3.05) is 16.8 Å². The third-order valence-electron chi connectivity index (χ3n) is 5.71. The maximum Gasteiger partial charge on any atom is 0.255 e. The summed E-state index contributed by atoms with van der Waals surface area (Å²) >= 11 is 0. The molecule has 0 saturated carbocycles. The van der Waals surface area contributed by atoms with E-state index in [-0.39, 0.29) is 11.8 Å². The first-order valence-electron chi connectivity index (χ1n) is 10.3. The monoisotopic (exact) mass is 410 g/mol. The highest BCUT2D eigenvalue weighted by Gasteiger charge is 2.22. The fraction of sp³-hybridized carbons (Fsp3) is 0.160. The predicted molar refractivity (Wildman–Crippen MR) is 122 cm³/mol. The standard InChI is InChI=1S/C25H22N4O2/c1-16-26-22-15-19(8-10-24(22)29(16)21-6-4-3-5-7-21)25(31)27-20-9-11-23-18(14-20)12-13-28(23)17(2)30/h3-11,14-15H,12-13H2,1-2H3,(H,27,31). The number of aromatic nitrogens is 2. The molecule has 0 fully saturated rings. The van der Waals surface area contributed by atoms with Crippen LogP contribution in [0, 0.1) is 6.92 Å². The normalized spacial score (nSPS) is 12.8. The van der Waals surface area contributed by atoms with E-state index >= 15 is 0 Å². The number of hydrogen-bond acceptors (Lipinski definition) is 3. The zero-order valence-electron chi connectivity index (χ0n) is 17.4. The molecule has 4 aromatic rings. The van der Waals surface area contributed by atoms with Crippen molar-refractivity contribution in [2.24, 2.45) is 0 Å². The molecule has 6 nitrogen and oxygen atoms in total. The number of aryl methyl sites for hydroxylation is 1. The Morgan fingerprint density at radius 3 is 2.58 bits per heavy atom. The van der Waals surface area contributed by atoms with Gasteiger partial charge in [-0.05, 0) is 67.4 Å². The molecule has 0 aliphatic carbocycles. The molecule has 1 aliphatic heterocycles. The molecule has 0 spiro atoms. The number of fused-ring (bicyclic) bond motifs is 2. The van der Waals surface area contributed by atoms with Crippen molar-refractivity contribution in [3.8, 4) is 5.69 Å². The number of carbonyl (C=O) groups excluding carboxylic acids is 2. The summed E-state index contributed by atoms with van der Waals surface area (Å²) in [5, 5.41) is 2.97. The van der Waals surface area contributed by atoms with E-state index in [9.17, 15) is 9.59 Å². The van der Waals surface area contributed by atoms with Crippen LogP contribution < -0.4 is 10.2 Å². The van der Waals surface area contributed by atoms with Gasteiger partial charge < -0.3 is 10.2 Å². The van der Waals surface area contributed by atoms with Gasteiger partial charge in [0.25, 0.3) is 5.91 Å². The van der Waals surface area contributed by atoms with Gasteiger partial charge in [0, 0.05) is 36.1 Å². The van der Waals surface area contributed by atoms with Crippen molar-refractivity contribution in [2.45, 2.75) is 20.3 Å². The number of anilines is 2. The average molecular weight is 410 g/mol. The topological polar surface area (TPSA) is 67.2 Å². The Labute approximate surface area is 180 Å². The number of nitrogens with one attached hydrogen (secondary N) is 1. The summed E-state index contributed by atoms with van der Waals surface area (Å²) in [6, 6.07) is 21.3. The van der Waals surface area contributed by atoms with Crippen LogP contribution in [0.15, 0.2) is 66.7 Å². The van der Waals surface area contributed by atoms with Gasteiger partial charge in [-0.1, -0.05) is 18.2 Å². The predicted octanol–water partition coefficient (Wildman–Crippen LogP) is 4.50. The van der Waals surface area contributed by atoms with E-state index in [1.807, 2.05) is 73.7 Å². The van der Waals surface area contributed by atoms with Gasteiger partial charge in [-0.25, -0.2) is 4.98 Å². The second-order valence-corrected chi connectivity index (χ2v) is 7.75. The Kier molecular flexibility index (Phi) is 4.55. The van der Waals surface area contributed by atoms with Crippen LogP contribution in [-0.4, -0.2) is 27.9 Å². The third kappa shape index (κ3) is 3.36. The van der Waals surface area contributed by atoms with Crippen molar-refractivity contribution in [3.63, 3.8) is 0 Å². The summed E-state index contributed by atoms with van der Waals surface area (Å²) < 4.78 is 2.08. The Hall–Kier alpha value is -3.93. The molecule has 154 valence electrons. The SMILES string of the molecule is CC(=O)N1CCc2cc(NC(=O)c3ccc4c(c3)nc(C)n4-c3ccccc3)ccc21. The first-order valence-corrected chi connectivity index (χ1v) is 10.3. The minimum Gasteiger partial charge on any atom is -0.322 e. The van der Waals surface area contributed by atoms with Crippen molar-refractivity contribution in [3.05, 3.63) is 83.7 Å². The minimum atomic E-state index is -0.185. The van der Waals surface area contributed by atoms with Gasteiger partial charge in [0.1, 0.15) is 5.82 Å². The first-order chi connectivity index (χ1) is 15.0. The average Bonchev–Trinajstić information content (AvgIpc) is 3.33. The van der Waals surface area contributed by atoms with E-state index in [2.05, 4.69) is 14.9 Å².